The van der Waals surface area contributed by atoms with Crippen LogP contribution in [0.3, 0.4) is 0 Å². The number of nitrogen functional groups attached to an aromatic ring is 1. The van der Waals surface area contributed by atoms with Crippen molar-refractivity contribution in [1.82, 2.24) is 9.78 Å². The number of nitrogens with two attached hydrogens (primary N) is 2. The predicted octanol–water partition coefficient (Wildman–Crippen LogP) is 0.266. The Morgan fingerprint density at radius 1 is 1.44 bits per heavy atom. The first-order valence-corrected chi connectivity index (χ1v) is 6.40. The van der Waals surface area contributed by atoms with Gasteiger partial charge in [-0.25, -0.2) is 0 Å². The molecule has 0 radical (unpaired) electrons. The molecule has 1 fully saturated rings. The normalized spacial score (nSPS) is 17.1. The summed E-state index contributed by atoms with van der Waals surface area (Å²) in [7, 11) is 1.91. The second-order valence-corrected chi connectivity index (χ2v) is 4.82. The van der Waals surface area contributed by atoms with Crippen LogP contribution in [-0.2, 0) is 18.3 Å². The molecule has 0 saturated carbocycles. The van der Waals surface area contributed by atoms with Crippen LogP contribution >= 0.6 is 0 Å². The molecule has 1 aromatic heterocycles. The summed E-state index contributed by atoms with van der Waals surface area (Å²) in [6.07, 6.45) is 2.42. The first-order valence-electron chi connectivity index (χ1n) is 6.40. The number of carbonyl (C=O) groups is 1. The van der Waals surface area contributed by atoms with Crippen LogP contribution in [0.2, 0.25) is 0 Å². The monoisotopic (exact) mass is 251 g/mol. The SMILES string of the molecule is CCc1nn(C)c(N2CCC(C(N)=O)CC2)c1N. The number of rotatable bonds is 3. The maximum atomic E-state index is 11.1. The van der Waals surface area contributed by atoms with E-state index in [0.717, 1.165) is 49.6 Å². The smallest absolute Gasteiger partial charge is 0.220 e. The Morgan fingerprint density at radius 3 is 2.50 bits per heavy atom. The Kier molecular flexibility index (Phi) is 3.45. The van der Waals surface area contributed by atoms with Crippen molar-refractivity contribution in [2.24, 2.45) is 18.7 Å². The number of hydrogen-bond donors (Lipinski definition) is 2. The summed E-state index contributed by atoms with van der Waals surface area (Å²) < 4.78 is 1.83. The van der Waals surface area contributed by atoms with Crippen molar-refractivity contribution in [3.8, 4) is 0 Å². The molecule has 0 aromatic carbocycles. The van der Waals surface area contributed by atoms with Crippen molar-refractivity contribution in [2.75, 3.05) is 23.7 Å². The highest BCUT2D eigenvalue weighted by atomic mass is 16.1. The molecule has 0 bridgehead atoms. The van der Waals surface area contributed by atoms with E-state index in [1.54, 1.807) is 0 Å². The molecule has 1 aliphatic rings. The highest BCUT2D eigenvalue weighted by Crippen LogP contribution is 2.30. The predicted molar refractivity (Wildman–Crippen MR) is 71.1 cm³/mol. The van der Waals surface area contributed by atoms with Gasteiger partial charge < -0.3 is 16.4 Å². The molecule has 1 amide bonds. The number of piperidine rings is 1. The summed E-state index contributed by atoms with van der Waals surface area (Å²) in [4.78, 5) is 13.3. The summed E-state index contributed by atoms with van der Waals surface area (Å²) in [6.45, 7) is 3.66. The van der Waals surface area contributed by atoms with Crippen molar-refractivity contribution in [3.05, 3.63) is 5.69 Å². The third kappa shape index (κ3) is 2.14. The molecule has 1 aliphatic heterocycles. The fourth-order valence-corrected chi connectivity index (χ4v) is 2.60. The van der Waals surface area contributed by atoms with E-state index in [4.69, 9.17) is 11.5 Å². The van der Waals surface area contributed by atoms with Gasteiger partial charge in [0.15, 0.2) is 0 Å². The van der Waals surface area contributed by atoms with Crippen LogP contribution < -0.4 is 16.4 Å². The molecule has 6 nitrogen and oxygen atoms in total. The van der Waals surface area contributed by atoms with Crippen LogP contribution in [0.25, 0.3) is 0 Å². The summed E-state index contributed by atoms with van der Waals surface area (Å²) in [6, 6.07) is 0. The van der Waals surface area contributed by atoms with Crippen molar-refractivity contribution in [2.45, 2.75) is 26.2 Å². The second-order valence-electron chi connectivity index (χ2n) is 4.82. The van der Waals surface area contributed by atoms with Crippen molar-refractivity contribution in [1.29, 1.82) is 0 Å². The average molecular weight is 251 g/mol. The Hall–Kier alpha value is -1.72. The number of carbonyl (C=O) groups excluding carboxylic acids is 1. The van der Waals surface area contributed by atoms with E-state index in [1.807, 2.05) is 18.7 Å². The molecule has 1 aromatic rings. The molecule has 18 heavy (non-hydrogen) atoms. The van der Waals surface area contributed by atoms with Crippen molar-refractivity contribution < 1.29 is 4.79 Å². The largest absolute Gasteiger partial charge is 0.394 e. The number of aromatic nitrogens is 2. The van der Waals surface area contributed by atoms with Gasteiger partial charge in [0.2, 0.25) is 5.91 Å². The molecule has 0 unspecified atom stereocenters. The van der Waals surface area contributed by atoms with Gasteiger partial charge in [-0.2, -0.15) is 5.10 Å². The maximum absolute atomic E-state index is 11.1. The zero-order chi connectivity index (χ0) is 13.3. The van der Waals surface area contributed by atoms with Crippen molar-refractivity contribution in [3.63, 3.8) is 0 Å². The topological polar surface area (TPSA) is 90.2 Å². The molecule has 4 N–H and O–H groups in total. The third-order valence-electron chi connectivity index (χ3n) is 3.66. The van der Waals surface area contributed by atoms with Crippen LogP contribution in [0.15, 0.2) is 0 Å². The van der Waals surface area contributed by atoms with Crippen LogP contribution in [0.5, 0.6) is 0 Å². The minimum absolute atomic E-state index is 0.00125. The van der Waals surface area contributed by atoms with Gasteiger partial charge in [-0.15, -0.1) is 0 Å². The van der Waals surface area contributed by atoms with Crippen LogP contribution in [0, 0.1) is 5.92 Å². The molecule has 6 heteroatoms. The van der Waals surface area contributed by atoms with E-state index in [9.17, 15) is 4.79 Å². The highest BCUT2D eigenvalue weighted by Gasteiger charge is 2.26. The third-order valence-corrected chi connectivity index (χ3v) is 3.66. The zero-order valence-electron chi connectivity index (χ0n) is 11.0. The lowest BCUT2D eigenvalue weighted by molar-refractivity contribution is -0.122. The Labute approximate surface area is 107 Å². The first kappa shape index (κ1) is 12.7. The molecule has 0 atom stereocenters. The van der Waals surface area contributed by atoms with Gasteiger partial charge in [-0.1, -0.05) is 6.92 Å². The fourth-order valence-electron chi connectivity index (χ4n) is 2.60. The van der Waals surface area contributed by atoms with Gasteiger partial charge in [0.1, 0.15) is 5.82 Å². The van der Waals surface area contributed by atoms with E-state index in [2.05, 4.69) is 10.00 Å². The van der Waals surface area contributed by atoms with Crippen LogP contribution in [-0.4, -0.2) is 28.8 Å². The second kappa shape index (κ2) is 4.88. The molecule has 2 rings (SSSR count). The van der Waals surface area contributed by atoms with Crippen molar-refractivity contribution >= 4 is 17.4 Å². The van der Waals surface area contributed by atoms with E-state index in [0.29, 0.717) is 0 Å². The molecule has 0 spiro atoms. The lowest BCUT2D eigenvalue weighted by Gasteiger charge is -2.32. The zero-order valence-corrected chi connectivity index (χ0v) is 11.0. The Balaban J connectivity index is 2.14. The number of nitrogens with zero attached hydrogens (tertiary/aromatic N) is 3. The lowest BCUT2D eigenvalue weighted by atomic mass is 9.96. The van der Waals surface area contributed by atoms with Gasteiger partial charge in [0.05, 0.1) is 11.4 Å². The van der Waals surface area contributed by atoms with E-state index >= 15 is 0 Å². The summed E-state index contributed by atoms with van der Waals surface area (Å²) in [5.74, 6) is 0.776. The fraction of sp³-hybridized carbons (Fsp3) is 0.667. The average Bonchev–Trinajstić information content (AvgIpc) is 2.64. The first-order chi connectivity index (χ1) is 8.54. The minimum atomic E-state index is -0.193. The van der Waals surface area contributed by atoms with E-state index < -0.39 is 0 Å². The van der Waals surface area contributed by atoms with Gasteiger partial charge in [-0.3, -0.25) is 9.48 Å². The highest BCUT2D eigenvalue weighted by molar-refractivity contribution is 5.77. The molecule has 100 valence electrons. The number of hydrogen-bond acceptors (Lipinski definition) is 4. The van der Waals surface area contributed by atoms with E-state index in [1.165, 1.54) is 0 Å². The number of primary amides is 1. The van der Waals surface area contributed by atoms with E-state index in [-0.39, 0.29) is 11.8 Å². The lowest BCUT2D eigenvalue weighted by Crippen LogP contribution is -2.39. The van der Waals surface area contributed by atoms with Crippen LogP contribution in [0.1, 0.15) is 25.5 Å². The molecule has 0 aliphatic carbocycles. The number of amides is 1. The quantitative estimate of drug-likeness (QED) is 0.806. The Bertz CT molecular complexity index is 446. The maximum Gasteiger partial charge on any atom is 0.220 e. The molecule has 2 heterocycles. The minimum Gasteiger partial charge on any atom is -0.394 e. The number of aryl methyl sites for hydroxylation is 2. The van der Waals surface area contributed by atoms with Gasteiger partial charge >= 0.3 is 0 Å². The summed E-state index contributed by atoms with van der Waals surface area (Å²) in [5, 5.41) is 4.42. The molecule has 1 saturated heterocycles. The van der Waals surface area contributed by atoms with Gasteiger partial charge in [0, 0.05) is 26.1 Å². The van der Waals surface area contributed by atoms with Gasteiger partial charge in [-0.05, 0) is 19.3 Å². The van der Waals surface area contributed by atoms with Gasteiger partial charge in [0.25, 0.3) is 0 Å². The molecular formula is C12H21N5O. The summed E-state index contributed by atoms with van der Waals surface area (Å²) >= 11 is 0. The number of anilines is 2. The molecular weight excluding hydrogens is 230 g/mol. The Morgan fingerprint density at radius 2 is 2.06 bits per heavy atom. The van der Waals surface area contributed by atoms with Crippen LogP contribution in [0.4, 0.5) is 11.5 Å². The standard InChI is InChI=1S/C12H21N5O/c1-3-9-10(13)12(16(2)15-9)17-6-4-8(5-7-17)11(14)18/h8H,3-7,13H2,1-2H3,(H2,14,18). The summed E-state index contributed by atoms with van der Waals surface area (Å²) in [5.41, 5.74) is 13.2.